The third-order valence-corrected chi connectivity index (χ3v) is 4.65. The highest BCUT2D eigenvalue weighted by Crippen LogP contribution is 2.25. The van der Waals surface area contributed by atoms with Gasteiger partial charge in [-0.05, 0) is 60.6 Å². The van der Waals surface area contributed by atoms with Crippen molar-refractivity contribution < 1.29 is 9.59 Å². The molecule has 1 N–H and O–H groups in total. The number of piperazine rings is 1. The smallest absolute Gasteiger partial charge is 0.246 e. The van der Waals surface area contributed by atoms with Crippen LogP contribution in [-0.4, -0.2) is 28.3 Å². The SMILES string of the molecule is CCCC1NC(=O)C(C)(C)N(Cc2ccc(I)cc2)C1=O. The van der Waals surface area contributed by atoms with Crippen molar-refractivity contribution in [1.29, 1.82) is 0 Å². The third-order valence-electron chi connectivity index (χ3n) is 3.93. The summed E-state index contributed by atoms with van der Waals surface area (Å²) in [7, 11) is 0. The summed E-state index contributed by atoms with van der Waals surface area (Å²) in [5, 5.41) is 2.85. The van der Waals surface area contributed by atoms with E-state index in [1.54, 1.807) is 18.7 Å². The first-order valence-electron chi connectivity index (χ1n) is 7.23. The Hall–Kier alpha value is -1.11. The summed E-state index contributed by atoms with van der Waals surface area (Å²) < 4.78 is 1.15. The first kappa shape index (κ1) is 16.3. The Morgan fingerprint density at radius 2 is 1.86 bits per heavy atom. The number of carbonyl (C=O) groups is 2. The molecule has 5 heteroatoms. The number of benzene rings is 1. The highest BCUT2D eigenvalue weighted by Gasteiger charge is 2.45. The molecule has 1 aromatic carbocycles. The van der Waals surface area contributed by atoms with Gasteiger partial charge in [-0.3, -0.25) is 9.59 Å². The van der Waals surface area contributed by atoms with Crippen LogP contribution < -0.4 is 5.32 Å². The van der Waals surface area contributed by atoms with Crippen molar-refractivity contribution in [2.75, 3.05) is 0 Å². The van der Waals surface area contributed by atoms with E-state index in [1.165, 1.54) is 0 Å². The Bertz CT molecular complexity index is 540. The lowest BCUT2D eigenvalue weighted by atomic mass is 9.93. The Morgan fingerprint density at radius 1 is 1.24 bits per heavy atom. The molecule has 1 heterocycles. The zero-order valence-corrected chi connectivity index (χ0v) is 14.8. The van der Waals surface area contributed by atoms with Crippen LogP contribution in [0.25, 0.3) is 0 Å². The van der Waals surface area contributed by atoms with Gasteiger partial charge < -0.3 is 10.2 Å². The molecule has 1 aliphatic rings. The second kappa shape index (κ2) is 6.34. The van der Waals surface area contributed by atoms with Crippen LogP contribution >= 0.6 is 22.6 Å². The molecule has 0 bridgehead atoms. The molecule has 21 heavy (non-hydrogen) atoms. The minimum atomic E-state index is -0.815. The fourth-order valence-electron chi connectivity index (χ4n) is 2.52. The van der Waals surface area contributed by atoms with Crippen LogP contribution in [0.4, 0.5) is 0 Å². The summed E-state index contributed by atoms with van der Waals surface area (Å²) in [4.78, 5) is 26.7. The molecule has 2 rings (SSSR count). The molecule has 114 valence electrons. The molecule has 0 radical (unpaired) electrons. The molecule has 1 atom stereocenters. The van der Waals surface area contributed by atoms with Crippen molar-refractivity contribution in [3.8, 4) is 0 Å². The summed E-state index contributed by atoms with van der Waals surface area (Å²) in [6.07, 6.45) is 1.55. The zero-order chi connectivity index (χ0) is 15.6. The van der Waals surface area contributed by atoms with Gasteiger partial charge in [-0.2, -0.15) is 0 Å². The first-order valence-corrected chi connectivity index (χ1v) is 8.31. The van der Waals surface area contributed by atoms with Crippen LogP contribution in [0.2, 0.25) is 0 Å². The largest absolute Gasteiger partial charge is 0.342 e. The molecular weight excluding hydrogens is 379 g/mol. The standard InChI is InChI=1S/C16H21IN2O2/c1-4-5-13-14(20)19(16(2,3)15(21)18-13)10-11-6-8-12(17)9-7-11/h6-9,13H,4-5,10H2,1-3H3,(H,18,21). The molecule has 0 spiro atoms. The van der Waals surface area contributed by atoms with Gasteiger partial charge in [-0.25, -0.2) is 0 Å². The molecule has 0 saturated carbocycles. The lowest BCUT2D eigenvalue weighted by Gasteiger charge is -2.44. The normalized spacial score (nSPS) is 21.3. The summed E-state index contributed by atoms with van der Waals surface area (Å²) in [5.74, 6) is -0.0638. The Kier molecular flexibility index (Phi) is 4.91. The fraction of sp³-hybridized carbons (Fsp3) is 0.500. The van der Waals surface area contributed by atoms with Crippen LogP contribution in [-0.2, 0) is 16.1 Å². The first-order chi connectivity index (χ1) is 9.86. The molecule has 0 aromatic heterocycles. The minimum Gasteiger partial charge on any atom is -0.342 e. The van der Waals surface area contributed by atoms with E-state index in [9.17, 15) is 9.59 Å². The van der Waals surface area contributed by atoms with Crippen LogP contribution in [0.3, 0.4) is 0 Å². The average molecular weight is 400 g/mol. The molecule has 1 fully saturated rings. The average Bonchev–Trinajstić information content (AvgIpc) is 2.43. The number of halogens is 1. The fourth-order valence-corrected chi connectivity index (χ4v) is 2.87. The van der Waals surface area contributed by atoms with Gasteiger partial charge in [0.05, 0.1) is 0 Å². The third kappa shape index (κ3) is 3.39. The van der Waals surface area contributed by atoms with Gasteiger partial charge in [-0.1, -0.05) is 25.5 Å². The molecule has 1 saturated heterocycles. The summed E-state index contributed by atoms with van der Waals surface area (Å²) in [5.41, 5.74) is 0.228. The molecule has 2 amide bonds. The van der Waals surface area contributed by atoms with Crippen molar-refractivity contribution in [3.63, 3.8) is 0 Å². The lowest BCUT2D eigenvalue weighted by molar-refractivity contribution is -0.156. The Morgan fingerprint density at radius 3 is 2.43 bits per heavy atom. The zero-order valence-electron chi connectivity index (χ0n) is 12.6. The Balaban J connectivity index is 2.25. The van der Waals surface area contributed by atoms with Crippen LogP contribution in [0, 0.1) is 3.57 Å². The maximum atomic E-state index is 12.7. The number of nitrogens with zero attached hydrogens (tertiary/aromatic N) is 1. The van der Waals surface area contributed by atoms with Crippen molar-refractivity contribution in [1.82, 2.24) is 10.2 Å². The van der Waals surface area contributed by atoms with Crippen LogP contribution in [0.15, 0.2) is 24.3 Å². The number of nitrogens with one attached hydrogen (secondary N) is 1. The molecule has 1 aromatic rings. The summed E-state index contributed by atoms with van der Waals surface area (Å²) in [6, 6.07) is 7.65. The van der Waals surface area contributed by atoms with E-state index >= 15 is 0 Å². The number of amides is 2. The molecule has 0 aliphatic carbocycles. The molecular formula is C16H21IN2O2. The van der Waals surface area contributed by atoms with Crippen LogP contribution in [0.5, 0.6) is 0 Å². The highest BCUT2D eigenvalue weighted by molar-refractivity contribution is 14.1. The monoisotopic (exact) mass is 400 g/mol. The van der Waals surface area contributed by atoms with Crippen molar-refractivity contribution in [3.05, 3.63) is 33.4 Å². The van der Waals surface area contributed by atoms with Gasteiger partial charge in [-0.15, -0.1) is 0 Å². The van der Waals surface area contributed by atoms with Gasteiger partial charge >= 0.3 is 0 Å². The van der Waals surface area contributed by atoms with Crippen molar-refractivity contribution in [2.45, 2.75) is 51.7 Å². The molecule has 4 nitrogen and oxygen atoms in total. The predicted octanol–water partition coefficient (Wildman–Crippen LogP) is 2.70. The number of hydrogen-bond acceptors (Lipinski definition) is 2. The lowest BCUT2D eigenvalue weighted by Crippen LogP contribution is -2.67. The predicted molar refractivity (Wildman–Crippen MR) is 90.6 cm³/mol. The number of hydrogen-bond donors (Lipinski definition) is 1. The topological polar surface area (TPSA) is 49.4 Å². The van der Waals surface area contributed by atoms with E-state index in [0.717, 1.165) is 15.6 Å². The van der Waals surface area contributed by atoms with Gasteiger partial charge in [0.1, 0.15) is 11.6 Å². The maximum Gasteiger partial charge on any atom is 0.246 e. The second-order valence-electron chi connectivity index (χ2n) is 5.92. The molecule has 1 unspecified atom stereocenters. The summed E-state index contributed by atoms with van der Waals surface area (Å²) >= 11 is 2.25. The number of rotatable bonds is 4. The van der Waals surface area contributed by atoms with Gasteiger partial charge in [0, 0.05) is 10.1 Å². The van der Waals surface area contributed by atoms with E-state index in [4.69, 9.17) is 0 Å². The van der Waals surface area contributed by atoms with Gasteiger partial charge in [0.2, 0.25) is 11.8 Å². The maximum absolute atomic E-state index is 12.7. The van der Waals surface area contributed by atoms with E-state index in [0.29, 0.717) is 13.0 Å². The van der Waals surface area contributed by atoms with E-state index in [1.807, 2.05) is 31.2 Å². The minimum absolute atomic E-state index is 0.0139. The van der Waals surface area contributed by atoms with Crippen molar-refractivity contribution >= 4 is 34.4 Å². The van der Waals surface area contributed by atoms with E-state index in [2.05, 4.69) is 27.9 Å². The van der Waals surface area contributed by atoms with E-state index < -0.39 is 5.54 Å². The van der Waals surface area contributed by atoms with Gasteiger partial charge in [0.25, 0.3) is 0 Å². The highest BCUT2D eigenvalue weighted by atomic mass is 127. The summed E-state index contributed by atoms with van der Waals surface area (Å²) in [6.45, 7) is 6.09. The van der Waals surface area contributed by atoms with Crippen molar-refractivity contribution in [2.24, 2.45) is 0 Å². The quantitative estimate of drug-likeness (QED) is 0.791. The van der Waals surface area contributed by atoms with Gasteiger partial charge in [0.15, 0.2) is 0 Å². The van der Waals surface area contributed by atoms with Crippen LogP contribution in [0.1, 0.15) is 39.2 Å². The molecule has 1 aliphatic heterocycles. The number of carbonyl (C=O) groups excluding carboxylic acids is 2. The second-order valence-corrected chi connectivity index (χ2v) is 7.17. The van der Waals surface area contributed by atoms with E-state index in [-0.39, 0.29) is 17.9 Å². The Labute approximate surface area is 139 Å².